The molecule has 1 rings (SSSR count). The van der Waals surface area contributed by atoms with Crippen LogP contribution in [-0.4, -0.2) is 45.7 Å². The standard InChI is InChI=1S/C11H18O5/c1-6(12)4-3-5-8-10(16-8)9(13)7(2)11(14)15/h3,5-10,12-13H,4H2,1-2H3,(H,14,15)/b5-3+. The fourth-order valence-electron chi connectivity index (χ4n) is 1.41. The molecular formula is C11H18O5. The molecule has 1 saturated heterocycles. The van der Waals surface area contributed by atoms with Crippen molar-refractivity contribution in [1.82, 2.24) is 0 Å². The molecule has 0 spiro atoms. The Morgan fingerprint density at radius 1 is 1.44 bits per heavy atom. The fraction of sp³-hybridized carbons (Fsp3) is 0.727. The number of carbonyl (C=O) groups is 1. The minimum absolute atomic E-state index is 0.226. The van der Waals surface area contributed by atoms with Gasteiger partial charge >= 0.3 is 5.97 Å². The van der Waals surface area contributed by atoms with Gasteiger partial charge in [-0.3, -0.25) is 4.79 Å². The van der Waals surface area contributed by atoms with E-state index >= 15 is 0 Å². The minimum Gasteiger partial charge on any atom is -0.481 e. The van der Waals surface area contributed by atoms with Gasteiger partial charge in [-0.15, -0.1) is 0 Å². The Labute approximate surface area is 94.4 Å². The zero-order chi connectivity index (χ0) is 12.3. The van der Waals surface area contributed by atoms with E-state index in [1.807, 2.05) is 0 Å². The third kappa shape index (κ3) is 3.59. The molecule has 92 valence electrons. The summed E-state index contributed by atoms with van der Waals surface area (Å²) in [5.41, 5.74) is 0. The molecule has 16 heavy (non-hydrogen) atoms. The van der Waals surface area contributed by atoms with Gasteiger partial charge in [0, 0.05) is 0 Å². The van der Waals surface area contributed by atoms with E-state index in [2.05, 4.69) is 0 Å². The molecule has 1 heterocycles. The summed E-state index contributed by atoms with van der Waals surface area (Å²) in [6.07, 6.45) is 1.99. The van der Waals surface area contributed by atoms with Gasteiger partial charge in [0.25, 0.3) is 0 Å². The van der Waals surface area contributed by atoms with Gasteiger partial charge < -0.3 is 20.1 Å². The lowest BCUT2D eigenvalue weighted by Gasteiger charge is -2.11. The number of aliphatic carboxylic acids is 1. The first-order valence-electron chi connectivity index (χ1n) is 5.34. The maximum atomic E-state index is 10.6. The Bertz CT molecular complexity index is 274. The Hall–Kier alpha value is -0.910. The lowest BCUT2D eigenvalue weighted by molar-refractivity contribution is -0.145. The summed E-state index contributed by atoms with van der Waals surface area (Å²) >= 11 is 0. The van der Waals surface area contributed by atoms with Crippen molar-refractivity contribution in [3.63, 3.8) is 0 Å². The number of ether oxygens (including phenoxy) is 1. The van der Waals surface area contributed by atoms with Crippen LogP contribution in [0.4, 0.5) is 0 Å². The van der Waals surface area contributed by atoms with Crippen molar-refractivity contribution in [2.75, 3.05) is 0 Å². The van der Waals surface area contributed by atoms with Crippen LogP contribution >= 0.6 is 0 Å². The summed E-state index contributed by atoms with van der Waals surface area (Å²) < 4.78 is 5.15. The molecule has 0 amide bonds. The van der Waals surface area contributed by atoms with Crippen LogP contribution < -0.4 is 0 Å². The normalized spacial score (nSPS) is 30.0. The predicted molar refractivity (Wildman–Crippen MR) is 56.9 cm³/mol. The van der Waals surface area contributed by atoms with Gasteiger partial charge in [0.15, 0.2) is 0 Å². The summed E-state index contributed by atoms with van der Waals surface area (Å²) in [6.45, 7) is 3.13. The third-order valence-electron chi connectivity index (χ3n) is 2.60. The summed E-state index contributed by atoms with van der Waals surface area (Å²) in [4.78, 5) is 10.6. The first-order chi connectivity index (χ1) is 7.43. The van der Waals surface area contributed by atoms with E-state index in [9.17, 15) is 9.90 Å². The van der Waals surface area contributed by atoms with Crippen LogP contribution in [0.2, 0.25) is 0 Å². The maximum absolute atomic E-state index is 10.6. The van der Waals surface area contributed by atoms with Crippen LogP contribution in [0.5, 0.6) is 0 Å². The SMILES string of the molecule is CC(O)C/C=C/C1OC1C(O)C(C)C(=O)O. The van der Waals surface area contributed by atoms with E-state index < -0.39 is 30.2 Å². The molecular weight excluding hydrogens is 212 g/mol. The number of rotatable bonds is 6. The number of carboxylic acid groups (broad SMARTS) is 1. The lowest BCUT2D eigenvalue weighted by Crippen LogP contribution is -2.30. The molecule has 1 fully saturated rings. The average Bonchev–Trinajstić information content (AvgIpc) is 2.94. The highest BCUT2D eigenvalue weighted by Gasteiger charge is 2.46. The summed E-state index contributed by atoms with van der Waals surface area (Å²) in [5, 5.41) is 27.3. The molecule has 5 unspecified atom stereocenters. The van der Waals surface area contributed by atoms with E-state index in [0.29, 0.717) is 6.42 Å². The molecule has 0 saturated carbocycles. The highest BCUT2D eigenvalue weighted by Crippen LogP contribution is 2.30. The lowest BCUT2D eigenvalue weighted by atomic mass is 10.0. The topological polar surface area (TPSA) is 90.3 Å². The van der Waals surface area contributed by atoms with Gasteiger partial charge in [-0.25, -0.2) is 0 Å². The van der Waals surface area contributed by atoms with E-state index in [-0.39, 0.29) is 6.10 Å². The van der Waals surface area contributed by atoms with Crippen LogP contribution in [0, 0.1) is 5.92 Å². The van der Waals surface area contributed by atoms with Crippen molar-refractivity contribution in [1.29, 1.82) is 0 Å². The van der Waals surface area contributed by atoms with Crippen molar-refractivity contribution in [3.8, 4) is 0 Å². The Balaban J connectivity index is 2.33. The Morgan fingerprint density at radius 3 is 2.56 bits per heavy atom. The molecule has 1 aliphatic rings. The second kappa shape index (κ2) is 5.43. The molecule has 0 radical (unpaired) electrons. The molecule has 3 N–H and O–H groups in total. The predicted octanol–water partition coefficient (Wildman–Crippen LogP) is 0.162. The zero-order valence-electron chi connectivity index (χ0n) is 9.41. The van der Waals surface area contributed by atoms with E-state index in [4.69, 9.17) is 14.9 Å². The van der Waals surface area contributed by atoms with Crippen molar-refractivity contribution < 1.29 is 24.9 Å². The summed E-state index contributed by atoms with van der Waals surface area (Å²) in [7, 11) is 0. The van der Waals surface area contributed by atoms with Gasteiger partial charge in [-0.1, -0.05) is 12.2 Å². The van der Waals surface area contributed by atoms with Crippen LogP contribution in [-0.2, 0) is 9.53 Å². The number of hydrogen-bond acceptors (Lipinski definition) is 4. The molecule has 5 heteroatoms. The minimum atomic E-state index is -1.03. The molecule has 1 aliphatic heterocycles. The summed E-state index contributed by atoms with van der Waals surface area (Å²) in [5.74, 6) is -1.87. The monoisotopic (exact) mass is 230 g/mol. The number of carboxylic acids is 1. The van der Waals surface area contributed by atoms with Gasteiger partial charge in [0.05, 0.1) is 18.1 Å². The van der Waals surface area contributed by atoms with Crippen LogP contribution in [0.1, 0.15) is 20.3 Å². The smallest absolute Gasteiger partial charge is 0.308 e. The second-order valence-electron chi connectivity index (χ2n) is 4.20. The highest BCUT2D eigenvalue weighted by molar-refractivity contribution is 5.70. The Morgan fingerprint density at radius 2 is 2.06 bits per heavy atom. The molecule has 0 aromatic rings. The van der Waals surface area contributed by atoms with Crippen LogP contribution in [0.15, 0.2) is 12.2 Å². The van der Waals surface area contributed by atoms with Crippen molar-refractivity contribution >= 4 is 5.97 Å². The van der Waals surface area contributed by atoms with Crippen molar-refractivity contribution in [2.24, 2.45) is 5.92 Å². The highest BCUT2D eigenvalue weighted by atomic mass is 16.6. The number of hydrogen-bond donors (Lipinski definition) is 3. The number of aliphatic hydroxyl groups is 2. The maximum Gasteiger partial charge on any atom is 0.308 e. The van der Waals surface area contributed by atoms with E-state index in [1.165, 1.54) is 6.92 Å². The molecule has 0 aromatic carbocycles. The number of aliphatic hydroxyl groups excluding tert-OH is 2. The molecule has 0 bridgehead atoms. The van der Waals surface area contributed by atoms with Gasteiger partial charge in [0.1, 0.15) is 12.2 Å². The van der Waals surface area contributed by atoms with Crippen LogP contribution in [0.25, 0.3) is 0 Å². The third-order valence-corrected chi connectivity index (χ3v) is 2.60. The van der Waals surface area contributed by atoms with Crippen LogP contribution in [0.3, 0.4) is 0 Å². The molecule has 0 aromatic heterocycles. The van der Waals surface area contributed by atoms with Crippen molar-refractivity contribution in [2.45, 2.75) is 44.7 Å². The quantitative estimate of drug-likeness (QED) is 0.447. The van der Waals surface area contributed by atoms with E-state index in [0.717, 1.165) is 0 Å². The summed E-state index contributed by atoms with van der Waals surface area (Å²) in [6, 6.07) is 0. The van der Waals surface area contributed by atoms with Gasteiger partial charge in [-0.05, 0) is 20.3 Å². The second-order valence-corrected chi connectivity index (χ2v) is 4.20. The first kappa shape index (κ1) is 13.2. The first-order valence-corrected chi connectivity index (χ1v) is 5.34. The van der Waals surface area contributed by atoms with Crippen molar-refractivity contribution in [3.05, 3.63) is 12.2 Å². The Kier molecular flexibility index (Phi) is 4.46. The van der Waals surface area contributed by atoms with Gasteiger partial charge in [-0.2, -0.15) is 0 Å². The van der Waals surface area contributed by atoms with E-state index in [1.54, 1.807) is 19.1 Å². The van der Waals surface area contributed by atoms with Gasteiger partial charge in [0.2, 0.25) is 0 Å². The molecule has 5 nitrogen and oxygen atoms in total. The average molecular weight is 230 g/mol. The molecule has 0 aliphatic carbocycles. The largest absolute Gasteiger partial charge is 0.481 e. The number of epoxide rings is 1. The molecule has 5 atom stereocenters. The zero-order valence-corrected chi connectivity index (χ0v) is 9.41. The fourth-order valence-corrected chi connectivity index (χ4v) is 1.41.